The van der Waals surface area contributed by atoms with Crippen molar-refractivity contribution in [1.82, 2.24) is 0 Å². The molecule has 0 bridgehead atoms. The first-order valence-electron chi connectivity index (χ1n) is 10.3. The number of benzene rings is 3. The predicted molar refractivity (Wildman–Crippen MR) is 125 cm³/mol. The average molecular weight is 469 g/mol. The van der Waals surface area contributed by atoms with Crippen molar-refractivity contribution in [2.75, 3.05) is 36.5 Å². The first-order chi connectivity index (χ1) is 15.9. The van der Waals surface area contributed by atoms with Crippen LogP contribution in [0.15, 0.2) is 71.6 Å². The third-order valence-electron chi connectivity index (χ3n) is 5.11. The number of carbonyl (C=O) groups is 1. The van der Waals surface area contributed by atoms with E-state index in [1.807, 2.05) is 0 Å². The minimum absolute atomic E-state index is 0.0665. The summed E-state index contributed by atoms with van der Waals surface area (Å²) in [6.45, 7) is 2.24. The number of nitrogens with zero attached hydrogens (tertiary/aromatic N) is 1. The van der Waals surface area contributed by atoms with Crippen LogP contribution in [-0.4, -0.2) is 41.2 Å². The first kappa shape index (κ1) is 22.5. The Morgan fingerprint density at radius 2 is 1.73 bits per heavy atom. The van der Waals surface area contributed by atoms with E-state index < -0.39 is 22.5 Å². The maximum Gasteiger partial charge on any atom is 0.264 e. The summed E-state index contributed by atoms with van der Waals surface area (Å²) >= 11 is 0. The van der Waals surface area contributed by atoms with Crippen molar-refractivity contribution in [2.24, 2.45) is 0 Å². The van der Waals surface area contributed by atoms with E-state index in [2.05, 4.69) is 5.32 Å². The zero-order chi connectivity index (χ0) is 23.4. The molecule has 0 aromatic heterocycles. The zero-order valence-electron chi connectivity index (χ0n) is 18.3. The van der Waals surface area contributed by atoms with Gasteiger partial charge in [-0.1, -0.05) is 18.2 Å². The van der Waals surface area contributed by atoms with E-state index in [1.54, 1.807) is 61.5 Å². The fourth-order valence-corrected chi connectivity index (χ4v) is 5.01. The number of hydrogen-bond donors (Lipinski definition) is 1. The molecule has 0 aliphatic carbocycles. The molecular weight excluding hydrogens is 444 g/mol. The fraction of sp³-hybridized carbons (Fsp3) is 0.208. The molecule has 0 radical (unpaired) electrons. The smallest absolute Gasteiger partial charge is 0.264 e. The predicted octanol–water partition coefficient (Wildman–Crippen LogP) is 3.61. The molecule has 8 nitrogen and oxygen atoms in total. The topological polar surface area (TPSA) is 94.2 Å². The van der Waals surface area contributed by atoms with Gasteiger partial charge >= 0.3 is 0 Å². The van der Waals surface area contributed by atoms with Gasteiger partial charge in [0, 0.05) is 11.8 Å². The van der Waals surface area contributed by atoms with Crippen molar-refractivity contribution in [2.45, 2.75) is 11.8 Å². The lowest BCUT2D eigenvalue weighted by Gasteiger charge is -2.24. The van der Waals surface area contributed by atoms with E-state index in [1.165, 1.54) is 19.2 Å². The van der Waals surface area contributed by atoms with Crippen LogP contribution in [0.4, 0.5) is 11.4 Å². The summed E-state index contributed by atoms with van der Waals surface area (Å²) in [5.74, 6) is 1.21. The molecule has 3 aromatic rings. The number of carbonyl (C=O) groups excluding carboxylic acids is 1. The molecule has 1 heterocycles. The standard InChI is InChI=1S/C24H24N2O6S/c1-17-14-20(9-11-21(17)30-2)33(28,29)26(19-6-4-3-5-7-19)16-24(27)25-18-8-10-22-23(15-18)32-13-12-31-22/h3-11,14-15H,12-13,16H2,1-2H3,(H,25,27). The summed E-state index contributed by atoms with van der Waals surface area (Å²) in [5, 5.41) is 2.74. The second-order valence-electron chi connectivity index (χ2n) is 7.39. The number of hydrogen-bond acceptors (Lipinski definition) is 6. The minimum Gasteiger partial charge on any atom is -0.496 e. The lowest BCUT2D eigenvalue weighted by atomic mass is 10.2. The summed E-state index contributed by atoms with van der Waals surface area (Å²) in [4.78, 5) is 13.0. The van der Waals surface area contributed by atoms with Gasteiger partial charge < -0.3 is 19.5 Å². The number of rotatable bonds is 7. The number of methoxy groups -OCH3 is 1. The van der Waals surface area contributed by atoms with Gasteiger partial charge in [-0.05, 0) is 55.0 Å². The number of nitrogens with one attached hydrogen (secondary N) is 1. The lowest BCUT2D eigenvalue weighted by Crippen LogP contribution is -2.38. The molecule has 1 aliphatic rings. The molecule has 1 amide bonds. The lowest BCUT2D eigenvalue weighted by molar-refractivity contribution is -0.114. The summed E-state index contributed by atoms with van der Waals surface area (Å²) in [5.41, 5.74) is 1.53. The highest BCUT2D eigenvalue weighted by atomic mass is 32.2. The SMILES string of the molecule is COc1ccc(S(=O)(=O)N(CC(=O)Nc2ccc3c(c2)OCCO3)c2ccccc2)cc1C. The maximum absolute atomic E-state index is 13.5. The number of sulfonamides is 1. The molecule has 1 aliphatic heterocycles. The fourth-order valence-electron chi connectivity index (χ4n) is 3.50. The normalized spacial score (nSPS) is 12.7. The summed E-state index contributed by atoms with van der Waals surface area (Å²) < 4.78 is 44.4. The van der Waals surface area contributed by atoms with Crippen LogP contribution in [0.5, 0.6) is 17.2 Å². The quantitative estimate of drug-likeness (QED) is 0.569. The molecule has 3 aromatic carbocycles. The Balaban J connectivity index is 1.61. The van der Waals surface area contributed by atoms with Crippen molar-refractivity contribution in [3.63, 3.8) is 0 Å². The first-order valence-corrected chi connectivity index (χ1v) is 11.7. The van der Waals surface area contributed by atoms with Gasteiger partial charge in [0.2, 0.25) is 5.91 Å². The molecule has 33 heavy (non-hydrogen) atoms. The van der Waals surface area contributed by atoms with Crippen molar-refractivity contribution in [1.29, 1.82) is 0 Å². The van der Waals surface area contributed by atoms with E-state index in [0.29, 0.717) is 47.4 Å². The number of fused-ring (bicyclic) bond motifs is 1. The second kappa shape index (κ2) is 9.41. The monoisotopic (exact) mass is 468 g/mol. The van der Waals surface area contributed by atoms with Crippen LogP contribution < -0.4 is 23.8 Å². The van der Waals surface area contributed by atoms with Gasteiger partial charge in [0.1, 0.15) is 25.5 Å². The number of amides is 1. The number of ether oxygens (including phenoxy) is 3. The van der Waals surface area contributed by atoms with E-state index >= 15 is 0 Å². The van der Waals surface area contributed by atoms with Crippen LogP contribution in [0.1, 0.15) is 5.56 Å². The number of para-hydroxylation sites is 1. The van der Waals surface area contributed by atoms with Gasteiger partial charge in [-0.3, -0.25) is 9.10 Å². The Kier molecular flexibility index (Phi) is 6.41. The van der Waals surface area contributed by atoms with E-state index in [0.717, 1.165) is 4.31 Å². The Hall–Kier alpha value is -3.72. The third kappa shape index (κ3) is 4.88. The number of aryl methyl sites for hydroxylation is 1. The molecule has 172 valence electrons. The molecule has 0 saturated carbocycles. The highest BCUT2D eigenvalue weighted by Gasteiger charge is 2.28. The maximum atomic E-state index is 13.5. The molecule has 0 fully saturated rings. The van der Waals surface area contributed by atoms with Crippen LogP contribution >= 0.6 is 0 Å². The van der Waals surface area contributed by atoms with Crippen LogP contribution in [0.2, 0.25) is 0 Å². The van der Waals surface area contributed by atoms with Crippen molar-refractivity contribution in [3.8, 4) is 17.2 Å². The van der Waals surface area contributed by atoms with E-state index in [9.17, 15) is 13.2 Å². The van der Waals surface area contributed by atoms with Gasteiger partial charge in [0.25, 0.3) is 10.0 Å². The Morgan fingerprint density at radius 3 is 2.42 bits per heavy atom. The molecule has 1 N–H and O–H groups in total. The van der Waals surface area contributed by atoms with Crippen LogP contribution in [-0.2, 0) is 14.8 Å². The highest BCUT2D eigenvalue weighted by Crippen LogP contribution is 2.33. The Labute approximate surface area is 192 Å². The van der Waals surface area contributed by atoms with Crippen LogP contribution in [0.25, 0.3) is 0 Å². The van der Waals surface area contributed by atoms with Gasteiger partial charge in [-0.25, -0.2) is 8.42 Å². The van der Waals surface area contributed by atoms with Crippen molar-refractivity contribution >= 4 is 27.3 Å². The zero-order valence-corrected chi connectivity index (χ0v) is 19.1. The molecule has 0 saturated heterocycles. The van der Waals surface area contributed by atoms with Gasteiger partial charge in [-0.15, -0.1) is 0 Å². The third-order valence-corrected chi connectivity index (χ3v) is 6.88. The molecule has 0 unspecified atom stereocenters. The van der Waals surface area contributed by atoms with E-state index in [4.69, 9.17) is 14.2 Å². The molecule has 4 rings (SSSR count). The molecule has 9 heteroatoms. The van der Waals surface area contributed by atoms with E-state index in [-0.39, 0.29) is 4.90 Å². The Bertz CT molecular complexity index is 1260. The molecule has 0 spiro atoms. The van der Waals surface area contributed by atoms with Crippen LogP contribution in [0, 0.1) is 6.92 Å². The van der Waals surface area contributed by atoms with Gasteiger partial charge in [0.05, 0.1) is 17.7 Å². The highest BCUT2D eigenvalue weighted by molar-refractivity contribution is 7.92. The van der Waals surface area contributed by atoms with Gasteiger partial charge in [0.15, 0.2) is 11.5 Å². The summed E-state index contributed by atoms with van der Waals surface area (Å²) in [6.07, 6.45) is 0. The number of anilines is 2. The molecular formula is C24H24N2O6S. The average Bonchev–Trinajstić information content (AvgIpc) is 2.83. The second-order valence-corrected chi connectivity index (χ2v) is 9.25. The minimum atomic E-state index is -4.03. The molecule has 0 atom stereocenters. The van der Waals surface area contributed by atoms with Gasteiger partial charge in [-0.2, -0.15) is 0 Å². The van der Waals surface area contributed by atoms with Crippen molar-refractivity contribution < 1.29 is 27.4 Å². The van der Waals surface area contributed by atoms with Crippen molar-refractivity contribution in [3.05, 3.63) is 72.3 Å². The Morgan fingerprint density at radius 1 is 1.00 bits per heavy atom. The largest absolute Gasteiger partial charge is 0.496 e. The van der Waals surface area contributed by atoms with Crippen LogP contribution in [0.3, 0.4) is 0 Å². The summed E-state index contributed by atoms with van der Waals surface area (Å²) in [6, 6.07) is 18.1. The summed E-state index contributed by atoms with van der Waals surface area (Å²) in [7, 11) is -2.51.